The van der Waals surface area contributed by atoms with Gasteiger partial charge in [-0.15, -0.1) is 0 Å². The van der Waals surface area contributed by atoms with Gasteiger partial charge in [-0.05, 0) is 0 Å². The van der Waals surface area contributed by atoms with Crippen molar-refractivity contribution in [3.63, 3.8) is 0 Å². The van der Waals surface area contributed by atoms with Crippen LogP contribution in [-0.2, 0) is 0 Å². The molecule has 0 saturated carbocycles. The molecule has 0 aromatic carbocycles. The summed E-state index contributed by atoms with van der Waals surface area (Å²) in [5.41, 5.74) is 0. The summed E-state index contributed by atoms with van der Waals surface area (Å²) in [5.74, 6) is 0. The van der Waals surface area contributed by atoms with Crippen LogP contribution in [0.1, 0.15) is 0 Å². The van der Waals surface area contributed by atoms with Crippen LogP contribution in [0.4, 0.5) is 0 Å². The van der Waals surface area contributed by atoms with E-state index in [0.717, 1.165) is 0 Å². The average molecular weight is 67.8 g/mol. The fourth-order valence-corrected chi connectivity index (χ4v) is 0.136. The Labute approximate surface area is 29.2 Å². The molecule has 0 amide bonds. The van der Waals surface area contributed by atoms with E-state index in [1.807, 2.05) is 0 Å². The van der Waals surface area contributed by atoms with Crippen molar-refractivity contribution in [2.45, 2.75) is 0 Å². The van der Waals surface area contributed by atoms with Crippen LogP contribution >= 0.6 is 0 Å². The van der Waals surface area contributed by atoms with E-state index in [4.69, 9.17) is 0 Å². The molecule has 4 heteroatoms. The van der Waals surface area contributed by atoms with Crippen LogP contribution in [0.15, 0.2) is 10.5 Å². The van der Waals surface area contributed by atoms with Crippen molar-refractivity contribution in [2.75, 3.05) is 0 Å². The molecule has 0 unspecified atom stereocenters. The van der Waals surface area contributed by atoms with Gasteiger partial charge in [0.05, 0.1) is 0 Å². The van der Waals surface area contributed by atoms with Gasteiger partial charge < -0.3 is 0 Å². The molecule has 24 valence electrons. The molecule has 0 saturated heterocycles. The maximum absolute atomic E-state index is 4.22. The summed E-state index contributed by atoms with van der Waals surface area (Å²) in [4.78, 5) is 0. The van der Waals surface area contributed by atoms with Gasteiger partial charge in [-0.2, -0.15) is 0 Å². The third kappa shape index (κ3) is 0.316. The van der Waals surface area contributed by atoms with Crippen LogP contribution < -0.4 is 0 Å². The molecule has 1 rings (SSSR count). The quantitative estimate of drug-likeness (QED) is 0.407. The Kier molecular flexibility index (Phi) is 0.496. The normalized spacial score (nSPS) is 7.20. The van der Waals surface area contributed by atoms with Crippen LogP contribution in [0.3, 0.4) is 0 Å². The molecule has 1 aromatic heterocycles. The fraction of sp³-hybridized carbons (Fsp3) is 0. The van der Waals surface area contributed by atoms with Crippen LogP contribution in [0.25, 0.3) is 0 Å². The summed E-state index contributed by atoms with van der Waals surface area (Å²) in [6, 6.07) is 0. The van der Waals surface area contributed by atoms with E-state index in [9.17, 15) is 0 Å². The number of hydrogen-bond donors (Lipinski definition) is 0. The molecule has 0 atom stereocenters. The standard InChI is InChI=1S/CHBN2O/c1-2-5-4-3-1/h1H. The van der Waals surface area contributed by atoms with Gasteiger partial charge in [-0.1, -0.05) is 0 Å². The third-order valence-electron chi connectivity index (χ3n) is 0.283. The molecule has 0 bridgehead atoms. The van der Waals surface area contributed by atoms with Gasteiger partial charge in [0, 0.05) is 0 Å². The van der Waals surface area contributed by atoms with E-state index in [1.54, 1.807) is 0 Å². The van der Waals surface area contributed by atoms with E-state index >= 15 is 0 Å². The summed E-state index contributed by atoms with van der Waals surface area (Å²) in [7, 11) is 1.40. The van der Waals surface area contributed by atoms with Crippen LogP contribution in [-0.4, -0.2) is 17.5 Å². The molecule has 3 nitrogen and oxygen atoms in total. The summed E-state index contributed by atoms with van der Waals surface area (Å²) < 4.78 is 4.22. The first-order chi connectivity index (χ1) is 2.50. The molecule has 0 aliphatic carbocycles. The molecule has 5 heavy (non-hydrogen) atoms. The topological polar surface area (TPSA) is 38.9 Å². The molecule has 0 aliphatic heterocycles. The Morgan fingerprint density at radius 2 is 2.80 bits per heavy atom. The third-order valence-corrected chi connectivity index (χ3v) is 0.283. The van der Waals surface area contributed by atoms with Gasteiger partial charge in [0.1, 0.15) is 0 Å². The van der Waals surface area contributed by atoms with E-state index < -0.39 is 0 Å². The van der Waals surface area contributed by atoms with Crippen molar-refractivity contribution in [1.82, 2.24) is 10.4 Å². The van der Waals surface area contributed by atoms with Crippen molar-refractivity contribution in [1.29, 1.82) is 0 Å². The zero-order valence-corrected chi connectivity index (χ0v) is 2.46. The minimum absolute atomic E-state index is 1.40. The Morgan fingerprint density at radius 3 is 3.00 bits per heavy atom. The molecule has 0 spiro atoms. The van der Waals surface area contributed by atoms with Gasteiger partial charge >= 0.3 is 28.0 Å². The Balaban J connectivity index is 3.13. The predicted molar refractivity (Wildman–Crippen MR) is 15.6 cm³/mol. The Bertz CT molecular complexity index is 66.1. The first-order valence-electron chi connectivity index (χ1n) is 1.21. The second kappa shape index (κ2) is 0.968. The molecule has 1 heterocycles. The van der Waals surface area contributed by atoms with Gasteiger partial charge in [-0.3, -0.25) is 0 Å². The van der Waals surface area contributed by atoms with Crippen molar-refractivity contribution < 1.29 is 4.44 Å². The second-order valence-electron chi connectivity index (χ2n) is 0.588. The zero-order valence-electron chi connectivity index (χ0n) is 2.46. The van der Waals surface area contributed by atoms with Crippen molar-refractivity contribution in [3.8, 4) is 0 Å². The van der Waals surface area contributed by atoms with Crippen molar-refractivity contribution >= 4 is 7.13 Å². The summed E-state index contributed by atoms with van der Waals surface area (Å²) in [5, 5.41) is 6.40. The fourth-order valence-electron chi connectivity index (χ4n) is 0.136. The zero-order chi connectivity index (χ0) is 3.54. The van der Waals surface area contributed by atoms with Crippen molar-refractivity contribution in [3.05, 3.63) is 6.09 Å². The number of hydrogen-bond acceptors (Lipinski definition) is 3. The molecule has 0 aliphatic rings. The molecular weight excluding hydrogens is 66.8 g/mol. The number of rotatable bonds is 0. The number of aromatic nitrogens is 2. The molecule has 0 fully saturated rings. The average Bonchev–Trinajstić information content (AvgIpc) is 1.76. The molecule has 0 N–H and O–H groups in total. The van der Waals surface area contributed by atoms with E-state index in [0.29, 0.717) is 0 Å². The first kappa shape index (κ1) is 2.57. The van der Waals surface area contributed by atoms with E-state index in [-0.39, 0.29) is 0 Å². The van der Waals surface area contributed by atoms with Crippen LogP contribution in [0, 0.1) is 0 Å². The monoisotopic (exact) mass is 68.0 g/mol. The number of nitrogens with zero attached hydrogens (tertiary/aromatic N) is 2. The van der Waals surface area contributed by atoms with Crippen molar-refractivity contribution in [2.24, 2.45) is 0 Å². The van der Waals surface area contributed by atoms with Gasteiger partial charge in [-0.25, -0.2) is 0 Å². The Hall–Kier alpha value is -0.665. The summed E-state index contributed by atoms with van der Waals surface area (Å²) in [6.45, 7) is 0. The van der Waals surface area contributed by atoms with Gasteiger partial charge in [0.2, 0.25) is 0 Å². The Morgan fingerprint density at radius 1 is 1.80 bits per heavy atom. The van der Waals surface area contributed by atoms with Gasteiger partial charge in [0.25, 0.3) is 0 Å². The minimum atomic E-state index is 1.40. The summed E-state index contributed by atoms with van der Waals surface area (Å²) in [6.07, 6.45) is 1.47. The van der Waals surface area contributed by atoms with Gasteiger partial charge in [0.15, 0.2) is 0 Å². The predicted octanol–water partition coefficient (Wildman–Crippen LogP) is -0.592. The maximum atomic E-state index is 4.22. The van der Waals surface area contributed by atoms with E-state index in [2.05, 4.69) is 14.8 Å². The molecular formula is CHBN2O. The van der Waals surface area contributed by atoms with Crippen LogP contribution in [0.5, 0.6) is 0 Å². The molecule has 0 radical (unpaired) electrons. The summed E-state index contributed by atoms with van der Waals surface area (Å²) >= 11 is 0. The first-order valence-corrected chi connectivity index (χ1v) is 1.21. The SMILES string of the molecule is b1cnno1. The second-order valence-corrected chi connectivity index (χ2v) is 0.588. The molecule has 1 aromatic rings. The van der Waals surface area contributed by atoms with Crippen LogP contribution in [0.2, 0.25) is 0 Å². The van der Waals surface area contributed by atoms with E-state index in [1.165, 1.54) is 13.2 Å².